The summed E-state index contributed by atoms with van der Waals surface area (Å²) in [5.41, 5.74) is 2.50. The maximum atomic E-state index is 13.0. The van der Waals surface area contributed by atoms with Gasteiger partial charge in [-0.2, -0.15) is 0 Å². The van der Waals surface area contributed by atoms with E-state index in [0.717, 1.165) is 16.5 Å². The number of nitrogens with one attached hydrogen (secondary N) is 3. The highest BCUT2D eigenvalue weighted by molar-refractivity contribution is 7.80. The lowest BCUT2D eigenvalue weighted by molar-refractivity contribution is 0.102. The SMILES string of the molecule is COc1cc(C(O)NC(=S)CNc2cccc(NC(=O)c3cccc4ccccc34)c2)cc(OC)c1OC. The molecule has 4 N–H and O–H groups in total. The minimum Gasteiger partial charge on any atom is -0.493 e. The highest BCUT2D eigenvalue weighted by Crippen LogP contribution is 2.39. The number of aliphatic hydroxyl groups excluding tert-OH is 1. The van der Waals surface area contributed by atoms with Gasteiger partial charge in [-0.3, -0.25) is 4.79 Å². The molecule has 9 heteroatoms. The van der Waals surface area contributed by atoms with E-state index < -0.39 is 6.23 Å². The fraction of sp³-hybridized carbons (Fsp3) is 0.172. The van der Waals surface area contributed by atoms with Gasteiger partial charge in [0.1, 0.15) is 0 Å². The minimum absolute atomic E-state index is 0.190. The maximum Gasteiger partial charge on any atom is 0.256 e. The van der Waals surface area contributed by atoms with Crippen LogP contribution in [-0.2, 0) is 0 Å². The number of hydrogen-bond donors (Lipinski definition) is 4. The van der Waals surface area contributed by atoms with Crippen molar-refractivity contribution in [2.45, 2.75) is 6.23 Å². The van der Waals surface area contributed by atoms with E-state index >= 15 is 0 Å². The molecular weight excluding hydrogens is 502 g/mol. The van der Waals surface area contributed by atoms with Crippen LogP contribution in [-0.4, -0.2) is 43.9 Å². The van der Waals surface area contributed by atoms with Gasteiger partial charge in [-0.05, 0) is 47.2 Å². The highest BCUT2D eigenvalue weighted by atomic mass is 32.1. The van der Waals surface area contributed by atoms with Gasteiger partial charge in [0, 0.05) is 22.5 Å². The molecule has 1 unspecified atom stereocenters. The van der Waals surface area contributed by atoms with Gasteiger partial charge in [0.15, 0.2) is 17.7 Å². The van der Waals surface area contributed by atoms with E-state index in [4.69, 9.17) is 26.4 Å². The van der Waals surface area contributed by atoms with Crippen LogP contribution in [0, 0.1) is 0 Å². The second kappa shape index (κ2) is 12.3. The summed E-state index contributed by atoms with van der Waals surface area (Å²) in [5.74, 6) is 1.09. The molecule has 1 atom stereocenters. The Bertz CT molecular complexity index is 1430. The van der Waals surface area contributed by atoms with Crippen molar-refractivity contribution in [3.05, 3.63) is 90.0 Å². The summed E-state index contributed by atoms with van der Waals surface area (Å²) >= 11 is 5.42. The number of ether oxygens (including phenoxy) is 3. The first-order valence-corrected chi connectivity index (χ1v) is 12.2. The molecule has 0 aliphatic rings. The molecule has 0 radical (unpaired) electrons. The number of hydrogen-bond acceptors (Lipinski definition) is 7. The number of rotatable bonds is 10. The third-order valence-corrected chi connectivity index (χ3v) is 6.17. The van der Waals surface area contributed by atoms with E-state index in [2.05, 4.69) is 16.0 Å². The van der Waals surface area contributed by atoms with Crippen LogP contribution >= 0.6 is 12.2 Å². The van der Waals surface area contributed by atoms with Gasteiger partial charge in [0.25, 0.3) is 5.91 Å². The largest absolute Gasteiger partial charge is 0.493 e. The Balaban J connectivity index is 1.38. The lowest BCUT2D eigenvalue weighted by Gasteiger charge is -2.19. The summed E-state index contributed by atoms with van der Waals surface area (Å²) in [7, 11) is 4.53. The molecule has 4 aromatic rings. The summed E-state index contributed by atoms with van der Waals surface area (Å²) in [5, 5.41) is 21.7. The number of benzene rings is 4. The molecule has 196 valence electrons. The van der Waals surface area contributed by atoms with Gasteiger partial charge in [-0.25, -0.2) is 0 Å². The fourth-order valence-corrected chi connectivity index (χ4v) is 4.24. The molecule has 1 amide bonds. The van der Waals surface area contributed by atoms with Crippen LogP contribution in [0.25, 0.3) is 10.8 Å². The van der Waals surface area contributed by atoms with E-state index in [-0.39, 0.29) is 12.5 Å². The van der Waals surface area contributed by atoms with Crippen molar-refractivity contribution < 1.29 is 24.1 Å². The second-order valence-electron chi connectivity index (χ2n) is 8.34. The van der Waals surface area contributed by atoms with Crippen LogP contribution in [0.5, 0.6) is 17.2 Å². The lowest BCUT2D eigenvalue weighted by Crippen LogP contribution is -2.31. The first kappa shape index (κ1) is 26.7. The van der Waals surface area contributed by atoms with Crippen LogP contribution < -0.4 is 30.2 Å². The minimum atomic E-state index is -1.09. The molecule has 0 spiro atoms. The molecular formula is C29H29N3O5S. The Labute approximate surface area is 226 Å². The maximum absolute atomic E-state index is 13.0. The zero-order chi connectivity index (χ0) is 27.1. The van der Waals surface area contributed by atoms with Crippen molar-refractivity contribution in [2.75, 3.05) is 38.5 Å². The van der Waals surface area contributed by atoms with Crippen molar-refractivity contribution in [1.29, 1.82) is 0 Å². The molecule has 0 fully saturated rings. The first-order valence-electron chi connectivity index (χ1n) is 11.8. The predicted molar refractivity (Wildman–Crippen MR) is 154 cm³/mol. The Morgan fingerprint density at radius 1 is 0.868 bits per heavy atom. The Hall–Kier alpha value is -4.34. The van der Waals surface area contributed by atoms with E-state index in [1.54, 1.807) is 12.1 Å². The number of carbonyl (C=O) groups is 1. The van der Waals surface area contributed by atoms with Crippen LogP contribution in [0.15, 0.2) is 78.9 Å². The van der Waals surface area contributed by atoms with Crippen LogP contribution in [0.1, 0.15) is 22.1 Å². The normalized spacial score (nSPS) is 11.4. The summed E-state index contributed by atoms with van der Waals surface area (Å²) in [6.45, 7) is 0.261. The first-order chi connectivity index (χ1) is 18.4. The average molecular weight is 532 g/mol. The van der Waals surface area contributed by atoms with Gasteiger partial charge in [-0.1, -0.05) is 54.7 Å². The number of carbonyl (C=O) groups excluding carboxylic acids is 1. The van der Waals surface area contributed by atoms with Gasteiger partial charge >= 0.3 is 0 Å². The Morgan fingerprint density at radius 2 is 1.53 bits per heavy atom. The van der Waals surface area contributed by atoms with Crippen molar-refractivity contribution >= 4 is 45.3 Å². The number of methoxy groups -OCH3 is 3. The van der Waals surface area contributed by atoms with Crippen molar-refractivity contribution in [1.82, 2.24) is 5.32 Å². The van der Waals surface area contributed by atoms with Crippen molar-refractivity contribution in [3.63, 3.8) is 0 Å². The molecule has 0 aliphatic heterocycles. The number of anilines is 2. The molecule has 8 nitrogen and oxygen atoms in total. The number of thiocarbonyl (C=S) groups is 1. The zero-order valence-electron chi connectivity index (χ0n) is 21.3. The van der Waals surface area contributed by atoms with E-state index in [0.29, 0.717) is 39.1 Å². The third-order valence-electron chi connectivity index (χ3n) is 5.91. The summed E-state index contributed by atoms with van der Waals surface area (Å²) in [6.07, 6.45) is -1.09. The molecule has 0 heterocycles. The van der Waals surface area contributed by atoms with E-state index in [1.807, 2.05) is 66.7 Å². The number of amides is 1. The monoisotopic (exact) mass is 531 g/mol. The summed E-state index contributed by atoms with van der Waals surface area (Å²) < 4.78 is 16.0. The van der Waals surface area contributed by atoms with Crippen molar-refractivity contribution in [3.8, 4) is 17.2 Å². The predicted octanol–water partition coefficient (Wildman–Crippen LogP) is 5.14. The average Bonchev–Trinajstić information content (AvgIpc) is 2.95. The standard InChI is InChI=1S/C29H29N3O5S/c1-35-24-14-19(15-25(36-2)27(24)37-3)28(33)32-26(38)17-30-20-10-7-11-21(16-20)31-29(34)23-13-6-9-18-8-4-5-12-22(18)23/h4-16,28,30,33H,17H2,1-3H3,(H,31,34)(H,32,38). The molecule has 4 aromatic carbocycles. The quantitative estimate of drug-likeness (QED) is 0.165. The Morgan fingerprint density at radius 3 is 2.24 bits per heavy atom. The second-order valence-corrected chi connectivity index (χ2v) is 8.84. The van der Waals surface area contributed by atoms with Crippen LogP contribution in [0.4, 0.5) is 11.4 Å². The number of aliphatic hydroxyl groups is 1. The van der Waals surface area contributed by atoms with Gasteiger partial charge in [0.05, 0.1) is 32.9 Å². The molecule has 0 aromatic heterocycles. The summed E-state index contributed by atoms with van der Waals surface area (Å²) in [4.78, 5) is 13.4. The number of fused-ring (bicyclic) bond motifs is 1. The molecule has 0 saturated carbocycles. The molecule has 0 saturated heterocycles. The fourth-order valence-electron chi connectivity index (χ4n) is 4.06. The van der Waals surface area contributed by atoms with E-state index in [9.17, 15) is 9.90 Å². The Kier molecular flexibility index (Phi) is 8.62. The van der Waals surface area contributed by atoms with Crippen molar-refractivity contribution in [2.24, 2.45) is 0 Å². The molecule has 4 rings (SSSR count). The third kappa shape index (κ3) is 6.13. The van der Waals surface area contributed by atoms with E-state index in [1.165, 1.54) is 21.3 Å². The lowest BCUT2D eigenvalue weighted by atomic mass is 10.0. The summed E-state index contributed by atoms with van der Waals surface area (Å²) in [6, 6.07) is 24.1. The van der Waals surface area contributed by atoms with Gasteiger partial charge in [0.2, 0.25) is 5.75 Å². The van der Waals surface area contributed by atoms with Gasteiger partial charge < -0.3 is 35.3 Å². The highest BCUT2D eigenvalue weighted by Gasteiger charge is 2.18. The van der Waals surface area contributed by atoms with Crippen LogP contribution in [0.2, 0.25) is 0 Å². The molecule has 0 bridgehead atoms. The van der Waals surface area contributed by atoms with Crippen LogP contribution in [0.3, 0.4) is 0 Å². The molecule has 0 aliphatic carbocycles. The van der Waals surface area contributed by atoms with Gasteiger partial charge in [-0.15, -0.1) is 0 Å². The molecule has 38 heavy (non-hydrogen) atoms. The smallest absolute Gasteiger partial charge is 0.256 e. The zero-order valence-corrected chi connectivity index (χ0v) is 22.1. The topological polar surface area (TPSA) is 101 Å².